The number of alkyl halides is 3. The Labute approximate surface area is 98.0 Å². The third kappa shape index (κ3) is 2.98. The molecule has 3 atom stereocenters. The molecule has 1 heterocycles. The Bertz CT molecular complexity index is 364. The van der Waals surface area contributed by atoms with Crippen molar-refractivity contribution < 1.29 is 13.2 Å². The first-order valence-corrected chi connectivity index (χ1v) is 5.51. The fraction of sp³-hybridized carbons (Fsp3) is 0.500. The van der Waals surface area contributed by atoms with Crippen molar-refractivity contribution in [3.63, 3.8) is 0 Å². The molecule has 0 saturated carbocycles. The van der Waals surface area contributed by atoms with Crippen LogP contribution in [0.1, 0.15) is 12.0 Å². The molecule has 5 heteroatoms. The van der Waals surface area contributed by atoms with Gasteiger partial charge in [0.05, 0.1) is 12.1 Å². The van der Waals surface area contributed by atoms with Crippen LogP contribution >= 0.6 is 0 Å². The number of nitrogens with zero attached hydrogens (tertiary/aromatic N) is 1. The van der Waals surface area contributed by atoms with Crippen LogP contribution in [0.3, 0.4) is 0 Å². The summed E-state index contributed by atoms with van der Waals surface area (Å²) < 4.78 is 38.2. The van der Waals surface area contributed by atoms with Crippen molar-refractivity contribution in [2.75, 3.05) is 0 Å². The molecule has 1 aliphatic rings. The molecule has 2 radical (unpaired) electrons. The van der Waals surface area contributed by atoms with Crippen molar-refractivity contribution in [2.45, 2.75) is 31.2 Å². The maximum Gasteiger partial charge on any atom is 0.393 e. The number of hydrogen-bond donors (Lipinski definition) is 1. The number of nitrogens with one attached hydrogen (secondary N) is 1. The summed E-state index contributed by atoms with van der Waals surface area (Å²) in [5.41, 5.74) is 10.1. The van der Waals surface area contributed by atoms with Gasteiger partial charge in [0.15, 0.2) is 0 Å². The van der Waals surface area contributed by atoms with Crippen LogP contribution in [0.25, 0.3) is 0 Å². The average molecular weight is 242 g/mol. The number of halogens is 3. The van der Waals surface area contributed by atoms with Gasteiger partial charge in [0.1, 0.15) is 0 Å². The van der Waals surface area contributed by atoms with Crippen LogP contribution in [0.4, 0.5) is 13.2 Å². The molecule has 1 aromatic carbocycles. The summed E-state index contributed by atoms with van der Waals surface area (Å²) in [6, 6.07) is 8.25. The van der Waals surface area contributed by atoms with Gasteiger partial charge in [-0.05, 0) is 18.4 Å². The van der Waals surface area contributed by atoms with E-state index in [1.54, 1.807) is 24.3 Å². The summed E-state index contributed by atoms with van der Waals surface area (Å²) in [7, 11) is 0. The Kier molecular flexibility index (Phi) is 3.40. The van der Waals surface area contributed by atoms with Crippen molar-refractivity contribution in [3.05, 3.63) is 35.9 Å². The van der Waals surface area contributed by atoms with Crippen LogP contribution in [0.2, 0.25) is 0 Å². The van der Waals surface area contributed by atoms with Crippen LogP contribution in [0.15, 0.2) is 30.3 Å². The molecule has 92 valence electrons. The molecular formula is C12H13F3N2. The summed E-state index contributed by atoms with van der Waals surface area (Å²) in [6.45, 7) is 0. The SMILES string of the molecule is [N][C@@H]1C[C@@H](C(F)(F)F)C(Cc2ccccc2)N1. The fourth-order valence-electron chi connectivity index (χ4n) is 2.27. The van der Waals surface area contributed by atoms with Gasteiger partial charge in [-0.2, -0.15) is 13.2 Å². The highest BCUT2D eigenvalue weighted by molar-refractivity contribution is 5.17. The lowest BCUT2D eigenvalue weighted by Gasteiger charge is -2.21. The molecule has 1 aliphatic heterocycles. The maximum atomic E-state index is 12.7. The second-order valence-corrected chi connectivity index (χ2v) is 4.36. The number of rotatable bonds is 2. The Hall–Kier alpha value is -1.07. The van der Waals surface area contributed by atoms with Gasteiger partial charge in [0.25, 0.3) is 0 Å². The summed E-state index contributed by atoms with van der Waals surface area (Å²) >= 11 is 0. The molecule has 0 bridgehead atoms. The molecule has 0 spiro atoms. The van der Waals surface area contributed by atoms with Crippen molar-refractivity contribution in [3.8, 4) is 0 Å². The quantitative estimate of drug-likeness (QED) is 0.847. The highest BCUT2D eigenvalue weighted by Gasteiger charge is 2.49. The zero-order valence-corrected chi connectivity index (χ0v) is 9.11. The van der Waals surface area contributed by atoms with Gasteiger partial charge >= 0.3 is 6.18 Å². The second-order valence-electron chi connectivity index (χ2n) is 4.36. The van der Waals surface area contributed by atoms with Crippen molar-refractivity contribution in [1.82, 2.24) is 11.1 Å². The molecule has 1 saturated heterocycles. The fourth-order valence-corrected chi connectivity index (χ4v) is 2.27. The molecule has 1 N–H and O–H groups in total. The van der Waals surface area contributed by atoms with Gasteiger partial charge in [0.2, 0.25) is 0 Å². The van der Waals surface area contributed by atoms with E-state index in [0.717, 1.165) is 5.56 Å². The Morgan fingerprint density at radius 1 is 1.24 bits per heavy atom. The first-order chi connectivity index (χ1) is 7.97. The molecule has 1 unspecified atom stereocenters. The van der Waals surface area contributed by atoms with E-state index in [-0.39, 0.29) is 12.8 Å². The molecule has 2 nitrogen and oxygen atoms in total. The molecule has 0 aliphatic carbocycles. The smallest absolute Gasteiger partial charge is 0.296 e. The minimum atomic E-state index is -4.26. The zero-order chi connectivity index (χ0) is 12.5. The first-order valence-electron chi connectivity index (χ1n) is 5.51. The standard InChI is InChI=1S/C12H13F3N2/c13-12(14,15)9-7-11(16)17-10(9)6-8-4-2-1-3-5-8/h1-5,9-11,17H,6-7H2/t9-,10?,11+/m1/s1. The molecule has 17 heavy (non-hydrogen) atoms. The monoisotopic (exact) mass is 242 g/mol. The highest BCUT2D eigenvalue weighted by Crippen LogP contribution is 2.36. The third-order valence-electron chi connectivity index (χ3n) is 3.09. The van der Waals surface area contributed by atoms with Gasteiger partial charge < -0.3 is 0 Å². The normalized spacial score (nSPS) is 29.5. The minimum Gasteiger partial charge on any atom is -0.296 e. The molecule has 0 amide bonds. The van der Waals surface area contributed by atoms with Crippen molar-refractivity contribution in [1.29, 1.82) is 0 Å². The molecule has 2 rings (SSSR count). The molecule has 1 fully saturated rings. The first kappa shape index (κ1) is 12.4. The van der Waals surface area contributed by atoms with Crippen LogP contribution in [0.5, 0.6) is 0 Å². The van der Waals surface area contributed by atoms with Gasteiger partial charge in [-0.15, -0.1) is 5.73 Å². The average Bonchev–Trinajstić information content (AvgIpc) is 2.60. The number of hydrogen-bond acceptors (Lipinski definition) is 1. The topological polar surface area (TPSA) is 34.3 Å². The van der Waals surface area contributed by atoms with E-state index < -0.39 is 24.3 Å². The van der Waals surface area contributed by atoms with E-state index in [2.05, 4.69) is 5.32 Å². The molecule has 0 aromatic heterocycles. The summed E-state index contributed by atoms with van der Waals surface area (Å²) in [4.78, 5) is 0. The maximum absolute atomic E-state index is 12.7. The number of benzene rings is 1. The predicted octanol–water partition coefficient (Wildman–Crippen LogP) is 2.16. The van der Waals surface area contributed by atoms with Gasteiger partial charge in [-0.25, -0.2) is 0 Å². The van der Waals surface area contributed by atoms with E-state index >= 15 is 0 Å². The van der Waals surface area contributed by atoms with Gasteiger partial charge in [-0.3, -0.25) is 5.32 Å². The van der Waals surface area contributed by atoms with Crippen molar-refractivity contribution >= 4 is 0 Å². The lowest BCUT2D eigenvalue weighted by atomic mass is 9.94. The van der Waals surface area contributed by atoms with Crippen LogP contribution in [0, 0.1) is 5.92 Å². The largest absolute Gasteiger partial charge is 0.393 e. The zero-order valence-electron chi connectivity index (χ0n) is 9.11. The summed E-state index contributed by atoms with van der Waals surface area (Å²) in [6.07, 6.45) is -5.30. The van der Waals surface area contributed by atoms with Crippen LogP contribution < -0.4 is 11.1 Å². The lowest BCUT2D eigenvalue weighted by Crippen LogP contribution is -2.38. The molecule has 1 aromatic rings. The molecular weight excluding hydrogens is 229 g/mol. The van der Waals surface area contributed by atoms with Crippen molar-refractivity contribution in [2.24, 2.45) is 5.92 Å². The van der Waals surface area contributed by atoms with Gasteiger partial charge in [0, 0.05) is 6.04 Å². The highest BCUT2D eigenvalue weighted by atomic mass is 19.4. The Balaban J connectivity index is 2.09. The van der Waals surface area contributed by atoms with E-state index in [0.29, 0.717) is 0 Å². The van der Waals surface area contributed by atoms with Crippen LogP contribution in [-0.2, 0) is 6.42 Å². The van der Waals surface area contributed by atoms with E-state index in [9.17, 15) is 18.9 Å². The Morgan fingerprint density at radius 3 is 2.47 bits per heavy atom. The third-order valence-corrected chi connectivity index (χ3v) is 3.09. The summed E-state index contributed by atoms with van der Waals surface area (Å²) in [5.74, 6) is -1.47. The van der Waals surface area contributed by atoms with Crippen LogP contribution in [-0.4, -0.2) is 18.4 Å². The van der Waals surface area contributed by atoms with E-state index in [1.807, 2.05) is 6.07 Å². The second kappa shape index (κ2) is 4.66. The predicted molar refractivity (Wildman–Crippen MR) is 57.2 cm³/mol. The van der Waals surface area contributed by atoms with Gasteiger partial charge in [-0.1, -0.05) is 30.3 Å². The van der Waals surface area contributed by atoms with E-state index in [4.69, 9.17) is 0 Å². The van der Waals surface area contributed by atoms with E-state index in [1.165, 1.54) is 0 Å². The Morgan fingerprint density at radius 2 is 1.88 bits per heavy atom. The summed E-state index contributed by atoms with van der Waals surface area (Å²) in [5, 5.41) is 2.59. The minimum absolute atomic E-state index is 0.263. The lowest BCUT2D eigenvalue weighted by molar-refractivity contribution is -0.176.